The van der Waals surface area contributed by atoms with Crippen molar-refractivity contribution in [2.24, 2.45) is 7.05 Å². The van der Waals surface area contributed by atoms with Crippen LogP contribution in [0.2, 0.25) is 0 Å². The lowest BCUT2D eigenvalue weighted by atomic mass is 10.1. The number of benzene rings is 2. The van der Waals surface area contributed by atoms with Gasteiger partial charge in [-0.3, -0.25) is 9.48 Å². The van der Waals surface area contributed by atoms with Crippen LogP contribution in [0.15, 0.2) is 48.7 Å². The number of carbonyl (C=O) groups excluding carboxylic acids is 1. The van der Waals surface area contributed by atoms with Gasteiger partial charge in [0, 0.05) is 12.6 Å². The molecule has 0 spiro atoms. The van der Waals surface area contributed by atoms with Gasteiger partial charge in [0.1, 0.15) is 12.4 Å². The molecule has 6 heteroatoms. The topological polar surface area (TPSA) is 65.4 Å². The van der Waals surface area contributed by atoms with Gasteiger partial charge in [-0.05, 0) is 30.2 Å². The highest BCUT2D eigenvalue weighted by Crippen LogP contribution is 2.35. The summed E-state index contributed by atoms with van der Waals surface area (Å²) in [7, 11) is 3.35. The van der Waals surface area contributed by atoms with E-state index >= 15 is 0 Å². The summed E-state index contributed by atoms with van der Waals surface area (Å²) in [5.74, 6) is 4.05. The van der Waals surface area contributed by atoms with Gasteiger partial charge in [-0.25, -0.2) is 0 Å². The molecule has 0 unspecified atom stereocenters. The first-order valence-electron chi connectivity index (χ1n) is 9.14. The number of carbonyl (C=O) groups is 1. The van der Waals surface area contributed by atoms with Crippen LogP contribution in [-0.2, 0) is 18.3 Å². The maximum atomic E-state index is 12.6. The molecule has 29 heavy (non-hydrogen) atoms. The lowest BCUT2D eigenvalue weighted by Gasteiger charge is -2.12. The Hall–Kier alpha value is -3.72. The average Bonchev–Trinajstić information content (AvgIpc) is 3.08. The van der Waals surface area contributed by atoms with E-state index in [1.54, 1.807) is 31.1 Å². The Labute approximate surface area is 170 Å². The first kappa shape index (κ1) is 20.0. The standard InChI is InChI=1S/C23H23N3O3/c1-5-12-29-20-11-10-18(14-21(20)28-4)19-15-24-26(3)23(19)25-22(27)13-17-8-6-16(2)7-9-17/h1,6-11,14-15H,12-13H2,2-4H3,(H,25,27). The molecule has 1 amide bonds. The Morgan fingerprint density at radius 1 is 1.21 bits per heavy atom. The molecule has 6 nitrogen and oxygen atoms in total. The minimum Gasteiger partial charge on any atom is -0.493 e. The molecule has 1 N–H and O–H groups in total. The maximum absolute atomic E-state index is 12.6. The van der Waals surface area contributed by atoms with Crippen molar-refractivity contribution in [2.75, 3.05) is 19.0 Å². The van der Waals surface area contributed by atoms with Crippen LogP contribution in [0.1, 0.15) is 11.1 Å². The molecule has 1 heterocycles. The number of hydrogen-bond donors (Lipinski definition) is 1. The zero-order valence-electron chi connectivity index (χ0n) is 16.7. The number of hydrogen-bond acceptors (Lipinski definition) is 4. The van der Waals surface area contributed by atoms with E-state index in [-0.39, 0.29) is 18.9 Å². The summed E-state index contributed by atoms with van der Waals surface area (Å²) in [6, 6.07) is 13.4. The van der Waals surface area contributed by atoms with Gasteiger partial charge >= 0.3 is 0 Å². The van der Waals surface area contributed by atoms with E-state index in [9.17, 15) is 4.79 Å². The van der Waals surface area contributed by atoms with Gasteiger partial charge in [0.25, 0.3) is 0 Å². The molecule has 0 aliphatic rings. The summed E-state index contributed by atoms with van der Waals surface area (Å²) >= 11 is 0. The third-order valence-electron chi connectivity index (χ3n) is 4.47. The largest absolute Gasteiger partial charge is 0.493 e. The molecule has 0 fully saturated rings. The Balaban J connectivity index is 1.83. The van der Waals surface area contributed by atoms with Crippen molar-refractivity contribution in [1.82, 2.24) is 9.78 Å². The number of methoxy groups -OCH3 is 1. The molecular weight excluding hydrogens is 366 g/mol. The van der Waals surface area contributed by atoms with Crippen molar-refractivity contribution >= 4 is 11.7 Å². The number of anilines is 1. The number of amides is 1. The van der Waals surface area contributed by atoms with Crippen LogP contribution in [0.25, 0.3) is 11.1 Å². The lowest BCUT2D eigenvalue weighted by Crippen LogP contribution is -2.17. The molecule has 0 aliphatic carbocycles. The Bertz CT molecular complexity index is 1050. The molecule has 0 bridgehead atoms. The van der Waals surface area contributed by atoms with Gasteiger partial charge in [0.2, 0.25) is 5.91 Å². The summed E-state index contributed by atoms with van der Waals surface area (Å²) in [6.45, 7) is 2.17. The molecule has 1 aromatic heterocycles. The van der Waals surface area contributed by atoms with Crippen LogP contribution in [0.3, 0.4) is 0 Å². The first-order valence-corrected chi connectivity index (χ1v) is 9.14. The Morgan fingerprint density at radius 2 is 1.97 bits per heavy atom. The summed E-state index contributed by atoms with van der Waals surface area (Å²) in [4.78, 5) is 12.6. The highest BCUT2D eigenvalue weighted by Gasteiger charge is 2.16. The van der Waals surface area contributed by atoms with Crippen molar-refractivity contribution in [1.29, 1.82) is 0 Å². The molecule has 0 saturated carbocycles. The quantitative estimate of drug-likeness (QED) is 0.627. The second-order valence-electron chi connectivity index (χ2n) is 6.60. The van der Waals surface area contributed by atoms with Crippen molar-refractivity contribution in [3.05, 3.63) is 59.8 Å². The molecule has 0 radical (unpaired) electrons. The van der Waals surface area contributed by atoms with E-state index in [4.69, 9.17) is 15.9 Å². The van der Waals surface area contributed by atoms with Crippen molar-refractivity contribution in [3.63, 3.8) is 0 Å². The third kappa shape index (κ3) is 4.77. The lowest BCUT2D eigenvalue weighted by molar-refractivity contribution is -0.115. The number of nitrogens with zero attached hydrogens (tertiary/aromatic N) is 2. The molecule has 0 aliphatic heterocycles. The number of ether oxygens (including phenoxy) is 2. The van der Waals surface area contributed by atoms with Crippen LogP contribution < -0.4 is 14.8 Å². The van der Waals surface area contributed by atoms with Gasteiger partial charge in [0.15, 0.2) is 11.5 Å². The summed E-state index contributed by atoms with van der Waals surface area (Å²) in [6.07, 6.45) is 7.24. The molecule has 148 valence electrons. The van der Waals surface area contributed by atoms with Crippen LogP contribution in [0.4, 0.5) is 5.82 Å². The number of aromatic nitrogens is 2. The van der Waals surface area contributed by atoms with Crippen molar-refractivity contribution in [2.45, 2.75) is 13.3 Å². The van der Waals surface area contributed by atoms with Crippen molar-refractivity contribution < 1.29 is 14.3 Å². The molecule has 3 rings (SSSR count). The van der Waals surface area contributed by atoms with Crippen LogP contribution in [0, 0.1) is 19.3 Å². The maximum Gasteiger partial charge on any atom is 0.229 e. The van der Waals surface area contributed by atoms with Crippen LogP contribution >= 0.6 is 0 Å². The highest BCUT2D eigenvalue weighted by atomic mass is 16.5. The number of nitrogens with one attached hydrogen (secondary N) is 1. The van der Waals surface area contributed by atoms with Crippen molar-refractivity contribution in [3.8, 4) is 35.0 Å². The van der Waals surface area contributed by atoms with Gasteiger partial charge in [-0.1, -0.05) is 41.8 Å². The first-order chi connectivity index (χ1) is 14.0. The molecule has 0 atom stereocenters. The number of terminal acetylenes is 1. The molecule has 2 aromatic carbocycles. The van der Waals surface area contributed by atoms with Crippen LogP contribution in [0.5, 0.6) is 11.5 Å². The zero-order chi connectivity index (χ0) is 20.8. The summed E-state index contributed by atoms with van der Waals surface area (Å²) < 4.78 is 12.5. The number of rotatable bonds is 7. The van der Waals surface area contributed by atoms with E-state index in [0.717, 1.165) is 22.3 Å². The second kappa shape index (κ2) is 8.98. The second-order valence-corrected chi connectivity index (χ2v) is 6.60. The van der Waals surface area contributed by atoms with Crippen LogP contribution in [-0.4, -0.2) is 29.4 Å². The fourth-order valence-electron chi connectivity index (χ4n) is 2.94. The minimum absolute atomic E-state index is 0.111. The highest BCUT2D eigenvalue weighted by molar-refractivity contribution is 5.95. The van der Waals surface area contributed by atoms with E-state index in [0.29, 0.717) is 17.3 Å². The minimum atomic E-state index is -0.111. The predicted molar refractivity (Wildman–Crippen MR) is 113 cm³/mol. The Kier molecular flexibility index (Phi) is 6.20. The van der Waals surface area contributed by atoms with Gasteiger partial charge in [0.05, 0.1) is 19.7 Å². The normalized spacial score (nSPS) is 10.3. The zero-order valence-corrected chi connectivity index (χ0v) is 16.7. The monoisotopic (exact) mass is 389 g/mol. The number of aryl methyl sites for hydroxylation is 2. The SMILES string of the molecule is C#CCOc1ccc(-c2cnn(C)c2NC(=O)Cc2ccc(C)cc2)cc1OC. The van der Waals surface area contributed by atoms with E-state index < -0.39 is 0 Å². The molecule has 3 aromatic rings. The fourth-order valence-corrected chi connectivity index (χ4v) is 2.94. The summed E-state index contributed by atoms with van der Waals surface area (Å²) in [5, 5.41) is 7.27. The van der Waals surface area contributed by atoms with Gasteiger partial charge in [-0.15, -0.1) is 6.42 Å². The summed E-state index contributed by atoms with van der Waals surface area (Å²) in [5.41, 5.74) is 3.74. The van der Waals surface area contributed by atoms with E-state index in [1.165, 1.54) is 0 Å². The third-order valence-corrected chi connectivity index (χ3v) is 4.47. The predicted octanol–water partition coefficient (Wildman–Crippen LogP) is 3.60. The fraction of sp³-hybridized carbons (Fsp3) is 0.217. The van der Waals surface area contributed by atoms with E-state index in [1.807, 2.05) is 43.3 Å². The average molecular weight is 389 g/mol. The molecule has 0 saturated heterocycles. The van der Waals surface area contributed by atoms with Gasteiger partial charge in [-0.2, -0.15) is 5.10 Å². The smallest absolute Gasteiger partial charge is 0.229 e. The van der Waals surface area contributed by atoms with E-state index in [2.05, 4.69) is 16.3 Å². The molecular formula is C23H23N3O3. The van der Waals surface area contributed by atoms with Gasteiger partial charge < -0.3 is 14.8 Å². The Morgan fingerprint density at radius 3 is 2.66 bits per heavy atom.